The first-order valence-electron chi connectivity index (χ1n) is 21.7. The number of benzene rings is 1. The molecule has 0 aromatic heterocycles. The quantitative estimate of drug-likeness (QED) is 0.278. The number of piperidine rings is 4. The van der Waals surface area contributed by atoms with Crippen molar-refractivity contribution in [3.8, 4) is 0 Å². The number of aliphatic hydroxyl groups is 3. The molecule has 11 aliphatic rings. The Bertz CT molecular complexity index is 1830. The van der Waals surface area contributed by atoms with Crippen LogP contribution in [0.1, 0.15) is 103 Å². The molecule has 12 rings (SSSR count). The van der Waals surface area contributed by atoms with Gasteiger partial charge in [-0.15, -0.1) is 0 Å². The zero-order chi connectivity index (χ0) is 37.3. The van der Waals surface area contributed by atoms with Crippen LogP contribution in [0.15, 0.2) is 35.9 Å². The van der Waals surface area contributed by atoms with Crippen LogP contribution in [0, 0.1) is 52.3 Å². The summed E-state index contributed by atoms with van der Waals surface area (Å²) < 4.78 is 12.3. The van der Waals surface area contributed by atoms with E-state index in [2.05, 4.69) is 57.0 Å². The minimum atomic E-state index is -0.739. The van der Waals surface area contributed by atoms with Gasteiger partial charge in [-0.05, 0) is 116 Å². The number of fused-ring (bicyclic) bond motifs is 7. The first-order valence-corrected chi connectivity index (χ1v) is 21.7. The smallest absolute Gasteiger partial charge is 0.362 e. The molecule has 5 saturated carbocycles. The van der Waals surface area contributed by atoms with Crippen LogP contribution >= 0.6 is 0 Å². The summed E-state index contributed by atoms with van der Waals surface area (Å²) in [5.74, 6) is 1.32. The molecular weight excluding hydrogens is 681 g/mol. The van der Waals surface area contributed by atoms with Crippen LogP contribution in [0.4, 0.5) is 5.69 Å². The Morgan fingerprint density at radius 3 is 2.61 bits per heavy atom. The molecule has 0 amide bonds. The fraction of sp³-hybridized carbons (Fsp3) is 0.778. The molecule has 3 N–H and O–H groups in total. The third kappa shape index (κ3) is 3.88. The Balaban J connectivity index is 0.829. The van der Waals surface area contributed by atoms with Crippen molar-refractivity contribution in [1.29, 1.82) is 0 Å². The number of carbonyl (C=O) groups excluding carboxylic acids is 2. The van der Waals surface area contributed by atoms with Gasteiger partial charge in [0.2, 0.25) is 0 Å². The first kappa shape index (κ1) is 34.8. The van der Waals surface area contributed by atoms with Gasteiger partial charge in [-0.25, -0.2) is 9.59 Å². The second kappa shape index (κ2) is 11.1. The van der Waals surface area contributed by atoms with Crippen LogP contribution in [-0.2, 0) is 24.5 Å². The molecule has 5 bridgehead atoms. The number of cyclic esters (lactones) is 1. The minimum absolute atomic E-state index is 0.0370. The van der Waals surface area contributed by atoms with E-state index in [9.17, 15) is 24.9 Å². The maximum Gasteiger partial charge on any atom is 0.362 e. The molecule has 0 radical (unpaired) electrons. The number of anilines is 1. The predicted molar refractivity (Wildman–Crippen MR) is 201 cm³/mol. The molecule has 0 unspecified atom stereocenters. The number of rotatable bonds is 5. The molecule has 1 spiro atoms. The summed E-state index contributed by atoms with van der Waals surface area (Å²) >= 11 is 0. The maximum atomic E-state index is 14.5. The normalized spacial score (nSPS) is 54.4. The number of para-hydroxylation sites is 1. The number of carbonyl (C=O) groups is 2. The molecule has 18 atom stereocenters. The highest BCUT2D eigenvalue weighted by molar-refractivity contribution is 5.85. The van der Waals surface area contributed by atoms with Gasteiger partial charge < -0.3 is 29.7 Å². The van der Waals surface area contributed by atoms with Crippen LogP contribution in [0.5, 0.6) is 0 Å². The molecule has 6 heterocycles. The van der Waals surface area contributed by atoms with Gasteiger partial charge in [-0.2, -0.15) is 0 Å². The summed E-state index contributed by atoms with van der Waals surface area (Å²) in [6, 6.07) is 8.74. The van der Waals surface area contributed by atoms with Crippen LogP contribution in [0.3, 0.4) is 0 Å². The van der Waals surface area contributed by atoms with Crippen LogP contribution in [0.2, 0.25) is 0 Å². The zero-order valence-electron chi connectivity index (χ0n) is 32.7. The Hall–Kier alpha value is -2.46. The van der Waals surface area contributed by atoms with Crippen molar-refractivity contribution >= 4 is 17.6 Å². The number of ether oxygens (including phenoxy) is 2. The molecule has 1 aromatic rings. The SMILES string of the molecule is CC[C@H]1[C@@H]2C[C@H]3[C@@H]4N(C)c5ccccc5[C@@]45C[C@@H]([C@H]2[C@@H]5O)[N@+]3(CC(=O)O[C@H]2CC[C@@]3(C)[C@H](CC[C@@H]4[C@H]3CC[C@]3(C)[C@@H](C5=CC(=O)OC5)CC[C@]43O)C2)[C@@H]1O. The Kier molecular flexibility index (Phi) is 7.17. The van der Waals surface area contributed by atoms with E-state index in [-0.39, 0.29) is 88.5 Å². The van der Waals surface area contributed by atoms with Crippen molar-refractivity contribution in [2.75, 3.05) is 25.1 Å². The van der Waals surface area contributed by atoms with E-state index < -0.39 is 17.9 Å². The number of nitrogens with zero attached hydrogens (tertiary/aromatic N) is 2. The predicted octanol–water partition coefficient (Wildman–Crippen LogP) is 5.24. The summed E-state index contributed by atoms with van der Waals surface area (Å²) in [5.41, 5.74) is 2.28. The summed E-state index contributed by atoms with van der Waals surface area (Å²) in [5, 5.41) is 37.5. The van der Waals surface area contributed by atoms with E-state index in [1.807, 2.05) is 0 Å². The molecule has 9 heteroatoms. The van der Waals surface area contributed by atoms with Gasteiger partial charge in [0.05, 0.1) is 29.2 Å². The number of hydrogen-bond acceptors (Lipinski definition) is 8. The van der Waals surface area contributed by atoms with Crippen LogP contribution in [0.25, 0.3) is 0 Å². The van der Waals surface area contributed by atoms with Crippen molar-refractivity contribution in [2.24, 2.45) is 52.3 Å². The highest BCUT2D eigenvalue weighted by Gasteiger charge is 2.83. The summed E-state index contributed by atoms with van der Waals surface area (Å²) in [6.45, 7) is 7.48. The lowest BCUT2D eigenvalue weighted by Gasteiger charge is -2.67. The van der Waals surface area contributed by atoms with Gasteiger partial charge in [0.25, 0.3) is 0 Å². The van der Waals surface area contributed by atoms with Crippen LogP contribution in [-0.4, -0.2) is 94.1 Å². The molecule has 5 aliphatic carbocycles. The number of likely N-dealkylation sites (N-methyl/N-ethyl adjacent to an activating group) is 1. The van der Waals surface area contributed by atoms with Gasteiger partial charge in [0, 0.05) is 48.9 Å². The van der Waals surface area contributed by atoms with Gasteiger partial charge in [-0.3, -0.25) is 4.48 Å². The molecule has 54 heavy (non-hydrogen) atoms. The summed E-state index contributed by atoms with van der Waals surface area (Å²) in [6.07, 6.45) is 11.5. The highest BCUT2D eigenvalue weighted by Crippen LogP contribution is 2.73. The van der Waals surface area contributed by atoms with Crippen molar-refractivity contribution in [1.82, 2.24) is 0 Å². The van der Waals surface area contributed by atoms with Crippen molar-refractivity contribution in [3.63, 3.8) is 0 Å². The van der Waals surface area contributed by atoms with Crippen molar-refractivity contribution in [3.05, 3.63) is 41.5 Å². The largest absolute Gasteiger partial charge is 0.458 e. The van der Waals surface area contributed by atoms with Gasteiger partial charge >= 0.3 is 11.9 Å². The van der Waals surface area contributed by atoms with Gasteiger partial charge in [0.1, 0.15) is 18.8 Å². The number of quaternary nitrogens is 1. The van der Waals surface area contributed by atoms with Crippen molar-refractivity contribution in [2.45, 2.75) is 145 Å². The molecule has 4 saturated heterocycles. The Morgan fingerprint density at radius 2 is 1.83 bits per heavy atom. The lowest BCUT2D eigenvalue weighted by molar-refractivity contribution is -1.03. The first-order chi connectivity index (χ1) is 25.8. The second-order valence-electron chi connectivity index (χ2n) is 20.7. The maximum absolute atomic E-state index is 14.5. The fourth-order valence-corrected chi connectivity index (χ4v) is 17.6. The average Bonchev–Trinajstić information content (AvgIpc) is 3.83. The lowest BCUT2D eigenvalue weighted by Crippen LogP contribution is -2.83. The molecule has 1 aromatic carbocycles. The van der Waals surface area contributed by atoms with E-state index in [1.165, 1.54) is 11.3 Å². The second-order valence-corrected chi connectivity index (χ2v) is 20.7. The Labute approximate surface area is 320 Å². The number of hydrogen-bond donors (Lipinski definition) is 3. The Morgan fingerprint density at radius 1 is 1.02 bits per heavy atom. The number of esters is 2. The fourth-order valence-electron chi connectivity index (χ4n) is 17.6. The molecule has 6 aliphatic heterocycles. The zero-order valence-corrected chi connectivity index (χ0v) is 32.7. The monoisotopic (exact) mass is 741 g/mol. The molecule has 292 valence electrons. The molecule has 9 fully saturated rings. The summed E-state index contributed by atoms with van der Waals surface area (Å²) in [7, 11) is 2.17. The van der Waals surface area contributed by atoms with Crippen LogP contribution < -0.4 is 4.90 Å². The third-order valence-electron chi connectivity index (χ3n) is 19.8. The van der Waals surface area contributed by atoms with E-state index in [0.717, 1.165) is 82.6 Å². The van der Waals surface area contributed by atoms with Gasteiger partial charge in [0.15, 0.2) is 12.8 Å². The number of aliphatic hydroxyl groups excluding tert-OH is 2. The van der Waals surface area contributed by atoms with Crippen molar-refractivity contribution < 1.29 is 38.9 Å². The highest BCUT2D eigenvalue weighted by atomic mass is 16.5. The third-order valence-corrected chi connectivity index (χ3v) is 19.8. The van der Waals surface area contributed by atoms with E-state index in [4.69, 9.17) is 9.47 Å². The van der Waals surface area contributed by atoms with E-state index >= 15 is 0 Å². The van der Waals surface area contributed by atoms with E-state index in [1.54, 1.807) is 6.08 Å². The topological polar surface area (TPSA) is 117 Å². The average molecular weight is 742 g/mol. The summed E-state index contributed by atoms with van der Waals surface area (Å²) in [4.78, 5) is 28.8. The minimum Gasteiger partial charge on any atom is -0.458 e. The van der Waals surface area contributed by atoms with Gasteiger partial charge in [-0.1, -0.05) is 39.0 Å². The van der Waals surface area contributed by atoms with E-state index in [0.29, 0.717) is 22.9 Å². The molecule has 9 nitrogen and oxygen atoms in total. The lowest BCUT2D eigenvalue weighted by atomic mass is 9.43. The standard InChI is InChI=1S/C45H61N2O7/c1-5-27-28-20-34-39-44(32-8-6-7-9-33(32)46(39)4)21-35(38(28)40(44)50)47(34,41(27)51)22-37(49)54-26-12-15-42(2)25(19-26)10-11-31-30(42)13-16-43(3)29(14-17-45(31,43)52)24-18-36(48)53-23-24/h6-9,18,25-31,34-35,38-41,50-52H,5,10-17,19-23H2,1-4H3/q+1/t25-,26+,27+,28+,29-,30-,31-,34+,35+,38+,39+,40+,41-,42+,43-,44+,45+,47-/m1/s1. The molecular formula is C45H61N2O7+.